The van der Waals surface area contributed by atoms with Crippen LogP contribution in [0.2, 0.25) is 0 Å². The van der Waals surface area contributed by atoms with Gasteiger partial charge in [0.15, 0.2) is 5.96 Å². The fourth-order valence-electron chi connectivity index (χ4n) is 3.28. The predicted octanol–water partition coefficient (Wildman–Crippen LogP) is 3.20. The smallest absolute Gasteiger partial charge is 0.410 e. The molecule has 1 saturated heterocycles. The lowest BCUT2D eigenvalue weighted by atomic mass is 10.1. The summed E-state index contributed by atoms with van der Waals surface area (Å²) in [5.41, 5.74) is 0.837. The number of benzene rings is 1. The van der Waals surface area contributed by atoms with Crippen molar-refractivity contribution in [3.05, 3.63) is 29.6 Å². The summed E-state index contributed by atoms with van der Waals surface area (Å²) in [7, 11) is 3.34. The molecule has 0 aliphatic carbocycles. The van der Waals surface area contributed by atoms with E-state index in [1.54, 1.807) is 25.1 Å². The van der Waals surface area contributed by atoms with Crippen LogP contribution in [0.25, 0.3) is 0 Å². The molecular weight excluding hydrogens is 528 g/mol. The summed E-state index contributed by atoms with van der Waals surface area (Å²) in [6, 6.07) is 5.33. The van der Waals surface area contributed by atoms with Crippen LogP contribution in [0, 0.1) is 5.82 Å². The van der Waals surface area contributed by atoms with Crippen LogP contribution >= 0.6 is 24.0 Å². The molecule has 1 aliphatic heterocycles. The maximum atomic E-state index is 14.8. The lowest BCUT2D eigenvalue weighted by Crippen LogP contribution is -2.50. The Kier molecular flexibility index (Phi) is 11.5. The van der Waals surface area contributed by atoms with Gasteiger partial charge in [-0.25, -0.2) is 9.18 Å². The molecule has 8 nitrogen and oxygen atoms in total. The van der Waals surface area contributed by atoms with Crippen LogP contribution in [0.5, 0.6) is 0 Å². The first-order valence-electron chi connectivity index (χ1n) is 10.6. The Morgan fingerprint density at radius 2 is 1.91 bits per heavy atom. The number of halogens is 2. The number of rotatable bonds is 6. The molecule has 0 bridgehead atoms. The number of aliphatic imine (C=N–C) groups is 1. The minimum absolute atomic E-state index is 0. The second kappa shape index (κ2) is 13.0. The SMILES string of the molecule is CN=C(NCc1ccc(N2CCN(C(=O)OC(C)(C)C)CC2)c(F)c1)NC(C)COC.I. The van der Waals surface area contributed by atoms with E-state index in [-0.39, 0.29) is 41.9 Å². The van der Waals surface area contributed by atoms with Crippen LogP contribution < -0.4 is 15.5 Å². The number of ether oxygens (including phenoxy) is 2. The third-order valence-electron chi connectivity index (χ3n) is 4.77. The topological polar surface area (TPSA) is 78.4 Å². The Hall–Kier alpha value is -1.82. The van der Waals surface area contributed by atoms with Crippen molar-refractivity contribution >= 4 is 41.7 Å². The normalized spacial score (nSPS) is 15.7. The van der Waals surface area contributed by atoms with Crippen molar-refractivity contribution in [3.63, 3.8) is 0 Å². The number of carbonyl (C=O) groups is 1. The summed E-state index contributed by atoms with van der Waals surface area (Å²) in [6.45, 7) is 10.7. The number of nitrogens with zero attached hydrogens (tertiary/aromatic N) is 3. The zero-order valence-corrected chi connectivity index (χ0v) is 22.2. The molecule has 0 saturated carbocycles. The van der Waals surface area contributed by atoms with Gasteiger partial charge < -0.3 is 29.9 Å². The first-order valence-corrected chi connectivity index (χ1v) is 10.6. The maximum Gasteiger partial charge on any atom is 0.410 e. The lowest BCUT2D eigenvalue weighted by Gasteiger charge is -2.36. The maximum absolute atomic E-state index is 14.8. The van der Waals surface area contributed by atoms with Crippen LogP contribution in [-0.4, -0.2) is 75.5 Å². The van der Waals surface area contributed by atoms with Crippen LogP contribution in [0.1, 0.15) is 33.3 Å². The molecule has 0 aromatic heterocycles. The standard InChI is InChI=1S/C22H36FN5O3.HI/c1-16(15-30-6)26-20(24-5)25-14-17-7-8-19(18(23)13-17)27-9-11-28(12-10-27)21(29)31-22(2,3)4;/h7-8,13,16H,9-12,14-15H2,1-6H3,(H2,24,25,26);1H. The second-order valence-electron chi connectivity index (χ2n) is 8.67. The molecule has 1 fully saturated rings. The van der Waals surface area contributed by atoms with Crippen LogP contribution in [0.15, 0.2) is 23.2 Å². The quantitative estimate of drug-likeness (QED) is 0.314. The van der Waals surface area contributed by atoms with E-state index in [4.69, 9.17) is 9.47 Å². The number of hydrogen-bond donors (Lipinski definition) is 2. The Bertz CT molecular complexity index is 764. The highest BCUT2D eigenvalue weighted by molar-refractivity contribution is 14.0. The van der Waals surface area contributed by atoms with Crippen molar-refractivity contribution in [2.45, 2.75) is 45.9 Å². The van der Waals surface area contributed by atoms with Crippen molar-refractivity contribution in [1.82, 2.24) is 15.5 Å². The summed E-state index contributed by atoms with van der Waals surface area (Å²) >= 11 is 0. The average molecular weight is 565 g/mol. The van der Waals surface area contributed by atoms with Gasteiger partial charge in [-0.3, -0.25) is 4.99 Å². The fourth-order valence-corrected chi connectivity index (χ4v) is 3.28. The third-order valence-corrected chi connectivity index (χ3v) is 4.77. The zero-order chi connectivity index (χ0) is 23.0. The predicted molar refractivity (Wildman–Crippen MR) is 137 cm³/mol. The van der Waals surface area contributed by atoms with E-state index in [2.05, 4.69) is 15.6 Å². The van der Waals surface area contributed by atoms with E-state index in [9.17, 15) is 9.18 Å². The number of carbonyl (C=O) groups excluding carboxylic acids is 1. The molecule has 32 heavy (non-hydrogen) atoms. The van der Waals surface area contributed by atoms with Crippen LogP contribution in [0.4, 0.5) is 14.9 Å². The van der Waals surface area contributed by atoms with E-state index in [1.165, 1.54) is 6.07 Å². The highest BCUT2D eigenvalue weighted by Crippen LogP contribution is 2.22. The number of amides is 1. The van der Waals surface area contributed by atoms with Crippen molar-refractivity contribution < 1.29 is 18.7 Å². The van der Waals surface area contributed by atoms with Gasteiger partial charge in [-0.15, -0.1) is 24.0 Å². The van der Waals surface area contributed by atoms with E-state index in [0.29, 0.717) is 51.0 Å². The van der Waals surface area contributed by atoms with Crippen molar-refractivity contribution in [3.8, 4) is 0 Å². The van der Waals surface area contributed by atoms with Crippen LogP contribution in [-0.2, 0) is 16.0 Å². The zero-order valence-electron chi connectivity index (χ0n) is 19.9. The van der Waals surface area contributed by atoms with Crippen LogP contribution in [0.3, 0.4) is 0 Å². The monoisotopic (exact) mass is 565 g/mol. The second-order valence-corrected chi connectivity index (χ2v) is 8.67. The highest BCUT2D eigenvalue weighted by atomic mass is 127. The van der Waals surface area contributed by atoms with Gasteiger partial charge in [-0.05, 0) is 45.4 Å². The Balaban J connectivity index is 0.00000512. The fraction of sp³-hybridized carbons (Fsp3) is 0.636. The third kappa shape index (κ3) is 8.97. The summed E-state index contributed by atoms with van der Waals surface area (Å²) in [4.78, 5) is 20.0. The molecule has 182 valence electrons. The molecule has 1 aromatic rings. The van der Waals surface area contributed by atoms with Crippen molar-refractivity contribution in [2.24, 2.45) is 4.99 Å². The highest BCUT2D eigenvalue weighted by Gasteiger charge is 2.26. The summed E-state index contributed by atoms with van der Waals surface area (Å²) in [5, 5.41) is 6.40. The molecule has 0 spiro atoms. The largest absolute Gasteiger partial charge is 0.444 e. The van der Waals surface area contributed by atoms with Gasteiger partial charge in [-0.1, -0.05) is 6.07 Å². The minimum atomic E-state index is -0.524. The molecule has 1 aliphatic rings. The Labute approximate surface area is 207 Å². The van der Waals surface area contributed by atoms with Gasteiger partial charge in [0.2, 0.25) is 0 Å². The first kappa shape index (κ1) is 28.2. The van der Waals surface area contributed by atoms with Gasteiger partial charge in [0.1, 0.15) is 11.4 Å². The average Bonchev–Trinajstić information content (AvgIpc) is 2.70. The molecule has 10 heteroatoms. The van der Waals surface area contributed by atoms with E-state index >= 15 is 0 Å². The first-order chi connectivity index (χ1) is 14.6. The summed E-state index contributed by atoms with van der Waals surface area (Å²) < 4.78 is 25.3. The molecule has 1 atom stereocenters. The van der Waals surface area contributed by atoms with Gasteiger partial charge in [-0.2, -0.15) is 0 Å². The van der Waals surface area contributed by atoms with E-state index in [0.717, 1.165) is 5.56 Å². The molecule has 2 rings (SSSR count). The van der Waals surface area contributed by atoms with Crippen molar-refractivity contribution in [1.29, 1.82) is 0 Å². The molecule has 1 aromatic carbocycles. The summed E-state index contributed by atoms with van der Waals surface area (Å²) in [6.07, 6.45) is -0.323. The number of hydrogen-bond acceptors (Lipinski definition) is 5. The number of guanidine groups is 1. The molecule has 1 unspecified atom stereocenters. The van der Waals surface area contributed by atoms with Gasteiger partial charge >= 0.3 is 6.09 Å². The number of nitrogens with one attached hydrogen (secondary N) is 2. The van der Waals surface area contributed by atoms with E-state index in [1.807, 2.05) is 38.7 Å². The molecule has 2 N–H and O–H groups in total. The van der Waals surface area contributed by atoms with Gasteiger partial charge in [0, 0.05) is 52.9 Å². The van der Waals surface area contributed by atoms with Crippen molar-refractivity contribution in [2.75, 3.05) is 51.8 Å². The Morgan fingerprint density at radius 1 is 1.25 bits per heavy atom. The molecular formula is C22H37FIN5O3. The summed E-state index contributed by atoms with van der Waals surface area (Å²) in [5.74, 6) is 0.355. The lowest BCUT2D eigenvalue weighted by molar-refractivity contribution is 0.0240. The molecule has 1 heterocycles. The number of piperazine rings is 1. The number of anilines is 1. The van der Waals surface area contributed by atoms with Gasteiger partial charge in [0.25, 0.3) is 0 Å². The molecule has 0 radical (unpaired) electrons. The molecule has 1 amide bonds. The minimum Gasteiger partial charge on any atom is -0.444 e. The Morgan fingerprint density at radius 3 is 2.44 bits per heavy atom. The number of methoxy groups -OCH3 is 1. The van der Waals surface area contributed by atoms with E-state index < -0.39 is 5.60 Å². The van der Waals surface area contributed by atoms with Gasteiger partial charge in [0.05, 0.1) is 12.3 Å².